The first kappa shape index (κ1) is 8.78. The fraction of sp³-hybridized carbons (Fsp3) is 0. The zero-order valence-electron chi connectivity index (χ0n) is 7.14. The molecule has 1 aromatic carbocycles. The lowest BCUT2D eigenvalue weighted by molar-refractivity contribution is 1.02. The van der Waals surface area contributed by atoms with Crippen LogP contribution in [0.4, 0.5) is 5.82 Å². The van der Waals surface area contributed by atoms with Gasteiger partial charge < -0.3 is 5.73 Å². The Bertz CT molecular complexity index is 518. The number of thioether (sulfide) groups is 1. The van der Waals surface area contributed by atoms with Crippen LogP contribution in [0.25, 0.3) is 10.9 Å². The summed E-state index contributed by atoms with van der Waals surface area (Å²) in [5.41, 5.74) is 6.48. The van der Waals surface area contributed by atoms with Gasteiger partial charge in [0.25, 0.3) is 0 Å². The Labute approximate surface area is 84.8 Å². The van der Waals surface area contributed by atoms with Crippen LogP contribution in [-0.2, 0) is 0 Å². The summed E-state index contributed by atoms with van der Waals surface area (Å²) in [4.78, 5) is 8.17. The van der Waals surface area contributed by atoms with Crippen LogP contribution in [0.15, 0.2) is 29.4 Å². The molecule has 68 valence electrons. The molecule has 0 atom stereocenters. The van der Waals surface area contributed by atoms with Crippen LogP contribution in [0.3, 0.4) is 0 Å². The lowest BCUT2D eigenvalue weighted by Gasteiger charge is -2.01. The van der Waals surface area contributed by atoms with Gasteiger partial charge in [0.05, 0.1) is 5.52 Å². The first-order valence-corrected chi connectivity index (χ1v) is 4.71. The molecule has 0 amide bonds. The molecule has 2 aromatic rings. The molecule has 0 unspecified atom stereocenters. The second-order valence-corrected chi connectivity index (χ2v) is 3.35. The van der Waals surface area contributed by atoms with Gasteiger partial charge in [0.1, 0.15) is 11.2 Å². The minimum absolute atomic E-state index is 0.392. The molecule has 5 heteroatoms. The molecule has 0 radical (unpaired) electrons. The number of aromatic nitrogens is 2. The number of rotatable bonds is 1. The Balaban J connectivity index is 2.67. The summed E-state index contributed by atoms with van der Waals surface area (Å²) in [6.45, 7) is 0. The van der Waals surface area contributed by atoms with Crippen molar-refractivity contribution in [2.24, 2.45) is 0 Å². The number of fused-ring (bicyclic) bond motifs is 1. The Morgan fingerprint density at radius 1 is 1.29 bits per heavy atom. The normalized spacial score (nSPS) is 9.93. The molecule has 1 aromatic heterocycles. The summed E-state index contributed by atoms with van der Waals surface area (Å²) in [6, 6.07) is 7.44. The average molecular weight is 202 g/mol. The second-order valence-electron chi connectivity index (χ2n) is 2.60. The molecule has 0 fully saturated rings. The first-order valence-electron chi connectivity index (χ1n) is 3.89. The van der Waals surface area contributed by atoms with Gasteiger partial charge in [-0.1, -0.05) is 12.1 Å². The summed E-state index contributed by atoms with van der Waals surface area (Å²) in [5, 5.41) is 11.6. The van der Waals surface area contributed by atoms with Crippen LogP contribution in [-0.4, -0.2) is 9.97 Å². The molecule has 0 aliphatic carbocycles. The maximum absolute atomic E-state index is 8.47. The summed E-state index contributed by atoms with van der Waals surface area (Å²) >= 11 is 0.908. The van der Waals surface area contributed by atoms with E-state index in [4.69, 9.17) is 11.0 Å². The van der Waals surface area contributed by atoms with Gasteiger partial charge in [0.2, 0.25) is 5.16 Å². The Morgan fingerprint density at radius 3 is 2.86 bits per heavy atom. The van der Waals surface area contributed by atoms with Crippen molar-refractivity contribution in [2.45, 2.75) is 5.16 Å². The summed E-state index contributed by atoms with van der Waals surface area (Å²) in [5.74, 6) is 0.411. The smallest absolute Gasteiger partial charge is 0.204 e. The molecular formula is C9H6N4S. The van der Waals surface area contributed by atoms with Gasteiger partial charge in [-0.25, -0.2) is 9.97 Å². The number of nitriles is 1. The van der Waals surface area contributed by atoms with Crippen molar-refractivity contribution in [1.29, 1.82) is 5.26 Å². The first-order chi connectivity index (χ1) is 6.81. The molecule has 0 aliphatic rings. The van der Waals surface area contributed by atoms with Crippen molar-refractivity contribution >= 4 is 28.5 Å². The van der Waals surface area contributed by atoms with Gasteiger partial charge in [-0.2, -0.15) is 5.26 Å². The molecule has 14 heavy (non-hydrogen) atoms. The van der Waals surface area contributed by atoms with E-state index in [1.807, 2.05) is 29.7 Å². The van der Waals surface area contributed by atoms with Crippen molar-refractivity contribution in [2.75, 3.05) is 5.73 Å². The Morgan fingerprint density at radius 2 is 2.07 bits per heavy atom. The number of hydrogen-bond acceptors (Lipinski definition) is 5. The third-order valence-electron chi connectivity index (χ3n) is 1.75. The van der Waals surface area contributed by atoms with Crippen LogP contribution in [0, 0.1) is 10.7 Å². The summed E-state index contributed by atoms with van der Waals surface area (Å²) < 4.78 is 0. The predicted molar refractivity (Wildman–Crippen MR) is 55.4 cm³/mol. The van der Waals surface area contributed by atoms with E-state index in [9.17, 15) is 0 Å². The standard InChI is InChI=1S/C9H6N4S/c10-5-14-9-12-7-4-2-1-3-6(7)8(11)13-9/h1-4H,(H2,11,12,13). The Kier molecular flexibility index (Phi) is 2.21. The Hall–Kier alpha value is -1.80. The lowest BCUT2D eigenvalue weighted by Crippen LogP contribution is -1.95. The number of nitrogens with two attached hydrogens (primary N) is 1. The molecule has 0 aliphatic heterocycles. The van der Waals surface area contributed by atoms with Crippen molar-refractivity contribution in [3.8, 4) is 5.40 Å². The molecule has 0 bridgehead atoms. The topological polar surface area (TPSA) is 75.6 Å². The van der Waals surface area contributed by atoms with E-state index in [0.717, 1.165) is 22.7 Å². The number of para-hydroxylation sites is 1. The van der Waals surface area contributed by atoms with E-state index in [0.29, 0.717) is 11.0 Å². The SMILES string of the molecule is N#CSc1nc(N)c2ccccc2n1. The average Bonchev–Trinajstić information content (AvgIpc) is 2.18. The molecule has 4 nitrogen and oxygen atoms in total. The number of benzene rings is 1. The molecular weight excluding hydrogens is 196 g/mol. The summed E-state index contributed by atoms with van der Waals surface area (Å²) in [6.07, 6.45) is 0. The molecule has 0 saturated carbocycles. The van der Waals surface area contributed by atoms with E-state index in [-0.39, 0.29) is 0 Å². The third-order valence-corrected chi connectivity index (χ3v) is 2.21. The molecule has 2 rings (SSSR count). The highest BCUT2D eigenvalue weighted by atomic mass is 32.2. The number of nitrogen functional groups attached to an aromatic ring is 1. The van der Waals surface area contributed by atoms with Crippen molar-refractivity contribution < 1.29 is 0 Å². The minimum atomic E-state index is 0.392. The number of hydrogen-bond donors (Lipinski definition) is 1. The summed E-state index contributed by atoms with van der Waals surface area (Å²) in [7, 11) is 0. The van der Waals surface area contributed by atoms with Gasteiger partial charge in [0, 0.05) is 17.1 Å². The zero-order valence-corrected chi connectivity index (χ0v) is 7.95. The largest absolute Gasteiger partial charge is 0.383 e. The molecule has 1 heterocycles. The van der Waals surface area contributed by atoms with E-state index >= 15 is 0 Å². The fourth-order valence-corrected chi connectivity index (χ4v) is 1.54. The van der Waals surface area contributed by atoms with Crippen LogP contribution < -0.4 is 5.73 Å². The van der Waals surface area contributed by atoms with Crippen molar-refractivity contribution in [3.05, 3.63) is 24.3 Å². The van der Waals surface area contributed by atoms with E-state index in [1.54, 1.807) is 0 Å². The molecule has 2 N–H and O–H groups in total. The fourth-order valence-electron chi connectivity index (χ4n) is 1.17. The van der Waals surface area contributed by atoms with Crippen LogP contribution >= 0.6 is 11.8 Å². The van der Waals surface area contributed by atoms with E-state index < -0.39 is 0 Å². The zero-order chi connectivity index (χ0) is 9.97. The van der Waals surface area contributed by atoms with Gasteiger partial charge >= 0.3 is 0 Å². The van der Waals surface area contributed by atoms with Crippen molar-refractivity contribution in [3.63, 3.8) is 0 Å². The van der Waals surface area contributed by atoms with E-state index in [2.05, 4.69) is 9.97 Å². The highest BCUT2D eigenvalue weighted by Crippen LogP contribution is 2.21. The van der Waals surface area contributed by atoms with Crippen LogP contribution in [0.2, 0.25) is 0 Å². The van der Waals surface area contributed by atoms with Gasteiger partial charge in [0.15, 0.2) is 0 Å². The highest BCUT2D eigenvalue weighted by Gasteiger charge is 2.03. The number of anilines is 1. The maximum Gasteiger partial charge on any atom is 0.204 e. The highest BCUT2D eigenvalue weighted by molar-refractivity contribution is 8.03. The number of thiocyanates is 1. The predicted octanol–water partition coefficient (Wildman–Crippen LogP) is 1.79. The van der Waals surface area contributed by atoms with Gasteiger partial charge in [-0.15, -0.1) is 0 Å². The minimum Gasteiger partial charge on any atom is -0.383 e. The monoisotopic (exact) mass is 202 g/mol. The third kappa shape index (κ3) is 1.47. The number of nitrogens with zero attached hydrogens (tertiary/aromatic N) is 3. The lowest BCUT2D eigenvalue weighted by atomic mass is 10.2. The quantitative estimate of drug-likeness (QED) is 0.433. The van der Waals surface area contributed by atoms with Gasteiger partial charge in [-0.05, 0) is 12.1 Å². The van der Waals surface area contributed by atoms with Crippen molar-refractivity contribution in [1.82, 2.24) is 9.97 Å². The van der Waals surface area contributed by atoms with E-state index in [1.165, 1.54) is 0 Å². The molecule has 0 saturated heterocycles. The second kappa shape index (κ2) is 3.52. The van der Waals surface area contributed by atoms with Crippen LogP contribution in [0.5, 0.6) is 0 Å². The van der Waals surface area contributed by atoms with Crippen LogP contribution in [0.1, 0.15) is 0 Å². The van der Waals surface area contributed by atoms with Gasteiger partial charge in [-0.3, -0.25) is 0 Å². The molecule has 0 spiro atoms. The maximum atomic E-state index is 8.47.